The maximum absolute atomic E-state index is 4.69. The molecule has 0 bridgehead atoms. The smallest absolute Gasteiger partial charge is 0.0939 e. The third-order valence-corrected chi connectivity index (χ3v) is 3.12. The monoisotopic (exact) mass is 207 g/mol. The maximum Gasteiger partial charge on any atom is 0.0939 e. The van der Waals surface area contributed by atoms with E-state index in [4.69, 9.17) is 0 Å². The zero-order chi connectivity index (χ0) is 10.5. The molecule has 0 saturated carbocycles. The van der Waals surface area contributed by atoms with Gasteiger partial charge < -0.3 is 4.57 Å². The van der Waals surface area contributed by atoms with Gasteiger partial charge in [0.25, 0.3) is 0 Å². The summed E-state index contributed by atoms with van der Waals surface area (Å²) in [6, 6.07) is 10.4. The van der Waals surface area contributed by atoms with Gasteiger partial charge in [0, 0.05) is 17.1 Å². The van der Waals surface area contributed by atoms with Crippen molar-refractivity contribution in [3.05, 3.63) is 42.2 Å². The molecule has 0 aromatic heterocycles. The van der Waals surface area contributed by atoms with Crippen molar-refractivity contribution in [3.63, 3.8) is 0 Å². The lowest BCUT2D eigenvalue weighted by Crippen LogP contribution is -2.00. The van der Waals surface area contributed by atoms with Gasteiger partial charge in [-0.1, -0.05) is 18.2 Å². The highest BCUT2D eigenvalue weighted by Gasteiger charge is 2.18. The molecule has 0 atom stereocenters. The van der Waals surface area contributed by atoms with E-state index >= 15 is 0 Å². The lowest BCUT2D eigenvalue weighted by molar-refractivity contribution is 1.01. The second-order valence-corrected chi connectivity index (χ2v) is 4.02. The third-order valence-electron chi connectivity index (χ3n) is 3.12. The van der Waals surface area contributed by atoms with E-state index in [9.17, 15) is 0 Å². The fourth-order valence-corrected chi connectivity index (χ4v) is 2.34. The van der Waals surface area contributed by atoms with Crippen molar-refractivity contribution in [1.82, 2.24) is 9.55 Å². The zero-order valence-electron chi connectivity index (χ0n) is 8.59. The summed E-state index contributed by atoms with van der Waals surface area (Å²) in [4.78, 5) is 8.96. The minimum absolute atomic E-state index is 0.737. The van der Waals surface area contributed by atoms with Gasteiger partial charge in [-0.3, -0.25) is 4.99 Å². The first kappa shape index (κ1) is 8.05. The molecular weight excluding hydrogens is 198 g/mol. The summed E-state index contributed by atoms with van der Waals surface area (Å²) in [7, 11) is 0. The molecule has 76 valence electrons. The second kappa shape index (κ2) is 2.70. The SMILES string of the molecule is C1=NCc2c3nc4ccccc4c-3ccn21. The molecule has 3 nitrogen and oxygen atoms in total. The van der Waals surface area contributed by atoms with Gasteiger partial charge in [-0.05, 0) is 12.1 Å². The van der Waals surface area contributed by atoms with Crippen LogP contribution >= 0.6 is 0 Å². The Kier molecular flexibility index (Phi) is 1.36. The van der Waals surface area contributed by atoms with Crippen LogP contribution in [0.2, 0.25) is 0 Å². The normalized spacial score (nSPS) is 13.8. The van der Waals surface area contributed by atoms with Crippen LogP contribution in [0.3, 0.4) is 0 Å². The van der Waals surface area contributed by atoms with Crippen molar-refractivity contribution in [2.24, 2.45) is 4.99 Å². The second-order valence-electron chi connectivity index (χ2n) is 4.02. The van der Waals surface area contributed by atoms with Crippen molar-refractivity contribution in [3.8, 4) is 11.3 Å². The first-order valence-electron chi connectivity index (χ1n) is 5.31. The molecule has 0 unspecified atom stereocenters. The minimum atomic E-state index is 0.737. The summed E-state index contributed by atoms with van der Waals surface area (Å²) >= 11 is 0. The van der Waals surface area contributed by atoms with Crippen LogP contribution in [0.1, 0.15) is 5.69 Å². The van der Waals surface area contributed by atoms with E-state index in [2.05, 4.69) is 40.4 Å². The molecule has 0 saturated heterocycles. The van der Waals surface area contributed by atoms with Gasteiger partial charge in [-0.2, -0.15) is 0 Å². The molecule has 3 heterocycles. The molecule has 3 heteroatoms. The van der Waals surface area contributed by atoms with Gasteiger partial charge in [-0.15, -0.1) is 0 Å². The van der Waals surface area contributed by atoms with Crippen LogP contribution in [-0.2, 0) is 6.54 Å². The Hall–Kier alpha value is -2.16. The van der Waals surface area contributed by atoms with Gasteiger partial charge in [0.05, 0.1) is 29.8 Å². The van der Waals surface area contributed by atoms with Gasteiger partial charge in [-0.25, -0.2) is 4.98 Å². The average molecular weight is 207 g/mol. The number of aliphatic imine (C=N–C) groups is 1. The lowest BCUT2D eigenvalue weighted by atomic mass is 10.1. The van der Waals surface area contributed by atoms with Crippen molar-refractivity contribution in [2.75, 3.05) is 0 Å². The Labute approximate surface area is 92.4 Å². The minimum Gasteiger partial charge on any atom is -0.308 e. The van der Waals surface area contributed by atoms with Crippen LogP contribution in [0.5, 0.6) is 0 Å². The summed E-state index contributed by atoms with van der Waals surface area (Å²) < 4.78 is 2.05. The standard InChI is InChI=1S/C13H9N3/c1-2-4-11-9(3-1)10-5-6-16-8-14-7-12(16)13(10)15-11/h1-6,8H,7H2. The van der Waals surface area contributed by atoms with Gasteiger partial charge in [0.1, 0.15) is 0 Å². The van der Waals surface area contributed by atoms with Crippen molar-refractivity contribution < 1.29 is 0 Å². The Morgan fingerprint density at radius 1 is 1.12 bits per heavy atom. The Morgan fingerprint density at radius 3 is 3.06 bits per heavy atom. The van der Waals surface area contributed by atoms with Crippen LogP contribution in [0.4, 0.5) is 0 Å². The third kappa shape index (κ3) is 0.877. The van der Waals surface area contributed by atoms with Crippen LogP contribution in [0.15, 0.2) is 41.5 Å². The van der Waals surface area contributed by atoms with Gasteiger partial charge >= 0.3 is 0 Å². The number of para-hydroxylation sites is 1. The molecule has 0 aliphatic carbocycles. The highest BCUT2D eigenvalue weighted by molar-refractivity contribution is 5.98. The number of hydrogen-bond donors (Lipinski definition) is 0. The summed E-state index contributed by atoms with van der Waals surface area (Å²) in [6.45, 7) is 0.737. The average Bonchev–Trinajstić information content (AvgIpc) is 2.92. The molecule has 3 aliphatic rings. The van der Waals surface area contributed by atoms with Gasteiger partial charge in [0.15, 0.2) is 0 Å². The Morgan fingerprint density at radius 2 is 2.06 bits per heavy atom. The van der Waals surface area contributed by atoms with Crippen molar-refractivity contribution in [1.29, 1.82) is 0 Å². The number of pyridine rings is 1. The van der Waals surface area contributed by atoms with E-state index in [0.29, 0.717) is 0 Å². The number of hydrogen-bond acceptors (Lipinski definition) is 2. The van der Waals surface area contributed by atoms with Crippen LogP contribution in [0.25, 0.3) is 22.2 Å². The number of nitrogens with zero attached hydrogens (tertiary/aromatic N) is 3. The molecule has 1 aromatic rings. The van der Waals surface area contributed by atoms with E-state index < -0.39 is 0 Å². The zero-order valence-corrected chi connectivity index (χ0v) is 8.59. The van der Waals surface area contributed by atoms with Crippen LogP contribution < -0.4 is 0 Å². The largest absolute Gasteiger partial charge is 0.308 e. The predicted octanol–water partition coefficient (Wildman–Crippen LogP) is 2.53. The fraction of sp³-hybridized carbons (Fsp3) is 0.0769. The summed E-state index contributed by atoms with van der Waals surface area (Å²) in [5.74, 6) is 0. The van der Waals surface area contributed by atoms with Crippen molar-refractivity contribution in [2.45, 2.75) is 6.54 Å². The molecule has 16 heavy (non-hydrogen) atoms. The first-order chi connectivity index (χ1) is 7.93. The van der Waals surface area contributed by atoms with Gasteiger partial charge in [0.2, 0.25) is 0 Å². The van der Waals surface area contributed by atoms with E-state index in [0.717, 1.165) is 17.8 Å². The topological polar surface area (TPSA) is 30.2 Å². The molecule has 0 amide bonds. The van der Waals surface area contributed by atoms with Crippen molar-refractivity contribution >= 4 is 17.2 Å². The molecule has 0 spiro atoms. The molecule has 1 aromatic carbocycles. The molecule has 3 aliphatic heterocycles. The number of fused-ring (bicyclic) bond motifs is 5. The van der Waals surface area contributed by atoms with E-state index in [1.54, 1.807) is 0 Å². The summed E-state index contributed by atoms with van der Waals surface area (Å²) in [5, 5.41) is 1.23. The fourth-order valence-electron chi connectivity index (χ4n) is 2.34. The Bertz CT molecular complexity index is 694. The lowest BCUT2D eigenvalue weighted by Gasteiger charge is -2.05. The summed E-state index contributed by atoms with van der Waals surface area (Å²) in [6.07, 6.45) is 3.91. The number of aromatic nitrogens is 2. The van der Waals surface area contributed by atoms with Crippen LogP contribution in [-0.4, -0.2) is 15.9 Å². The highest BCUT2D eigenvalue weighted by atomic mass is 15.1. The molecule has 0 radical (unpaired) electrons. The van der Waals surface area contributed by atoms with Crippen LogP contribution in [0, 0.1) is 0 Å². The maximum atomic E-state index is 4.69. The quantitative estimate of drug-likeness (QED) is 0.557. The molecule has 0 N–H and O–H groups in total. The predicted molar refractivity (Wildman–Crippen MR) is 63.9 cm³/mol. The summed E-state index contributed by atoms with van der Waals surface area (Å²) in [5.41, 5.74) is 4.57. The number of benzene rings is 1. The molecule has 0 fully saturated rings. The van der Waals surface area contributed by atoms with E-state index in [1.165, 1.54) is 16.6 Å². The Balaban J connectivity index is 2.19. The molecule has 4 rings (SSSR count). The van der Waals surface area contributed by atoms with E-state index in [1.807, 2.05) is 17.0 Å². The highest BCUT2D eigenvalue weighted by Crippen LogP contribution is 2.34. The first-order valence-corrected chi connectivity index (χ1v) is 5.31. The number of rotatable bonds is 0. The molecular formula is C13H9N3. The van der Waals surface area contributed by atoms with E-state index in [-0.39, 0.29) is 0 Å².